The molecule has 1 heterocycles. The molecule has 3 N–H and O–H groups in total. The van der Waals surface area contributed by atoms with Gasteiger partial charge in [0.2, 0.25) is 5.91 Å². The fraction of sp³-hybridized carbons (Fsp3) is 0.533. The summed E-state index contributed by atoms with van der Waals surface area (Å²) in [4.78, 5) is 12.0. The smallest absolute Gasteiger partial charge is 0.224 e. The summed E-state index contributed by atoms with van der Waals surface area (Å²) in [5.41, 5.74) is 7.66. The van der Waals surface area contributed by atoms with Crippen LogP contribution < -0.4 is 11.1 Å². The van der Waals surface area contributed by atoms with Crippen molar-refractivity contribution in [3.63, 3.8) is 0 Å². The third-order valence-corrected chi connectivity index (χ3v) is 3.47. The van der Waals surface area contributed by atoms with Gasteiger partial charge in [-0.2, -0.15) is 0 Å². The van der Waals surface area contributed by atoms with Crippen LogP contribution in [0.25, 0.3) is 0 Å². The van der Waals surface area contributed by atoms with Gasteiger partial charge in [0.05, 0.1) is 12.5 Å². The Morgan fingerprint density at radius 3 is 2.68 bits per heavy atom. The van der Waals surface area contributed by atoms with Crippen molar-refractivity contribution in [1.82, 2.24) is 5.32 Å². The number of amides is 1. The van der Waals surface area contributed by atoms with Crippen molar-refractivity contribution in [1.29, 1.82) is 0 Å². The average molecular weight is 262 g/mol. The molecule has 4 nitrogen and oxygen atoms in total. The van der Waals surface area contributed by atoms with Crippen LogP contribution in [-0.4, -0.2) is 24.7 Å². The number of carbonyl (C=O) groups is 1. The largest absolute Gasteiger partial charge is 0.378 e. The second kappa shape index (κ2) is 6.68. The molecule has 2 unspecified atom stereocenters. The first-order valence-electron chi connectivity index (χ1n) is 6.86. The molecule has 104 valence electrons. The van der Waals surface area contributed by atoms with Crippen LogP contribution in [0.15, 0.2) is 24.3 Å². The molecule has 4 heteroatoms. The first-order chi connectivity index (χ1) is 9.17. The van der Waals surface area contributed by atoms with Crippen molar-refractivity contribution < 1.29 is 9.53 Å². The molecule has 1 aromatic carbocycles. The van der Waals surface area contributed by atoms with Crippen LogP contribution in [0.2, 0.25) is 0 Å². The minimum absolute atomic E-state index is 0.0830. The van der Waals surface area contributed by atoms with E-state index in [-0.39, 0.29) is 18.1 Å². The van der Waals surface area contributed by atoms with Crippen LogP contribution in [-0.2, 0) is 22.5 Å². The van der Waals surface area contributed by atoms with E-state index in [9.17, 15) is 4.79 Å². The maximum Gasteiger partial charge on any atom is 0.224 e. The normalized spacial score (nSPS) is 23.1. The van der Waals surface area contributed by atoms with Gasteiger partial charge in [-0.15, -0.1) is 0 Å². The van der Waals surface area contributed by atoms with Crippen molar-refractivity contribution >= 4 is 5.91 Å². The number of nitrogens with one attached hydrogen (secondary N) is 1. The minimum atomic E-state index is 0.0830. The van der Waals surface area contributed by atoms with E-state index in [2.05, 4.69) is 5.32 Å². The van der Waals surface area contributed by atoms with Gasteiger partial charge < -0.3 is 15.8 Å². The Kier molecular flexibility index (Phi) is 4.93. The highest BCUT2D eigenvalue weighted by Gasteiger charge is 2.20. The summed E-state index contributed by atoms with van der Waals surface area (Å²) in [5, 5.41) is 3.08. The molecule has 2 rings (SSSR count). The lowest BCUT2D eigenvalue weighted by Crippen LogP contribution is -2.41. The summed E-state index contributed by atoms with van der Waals surface area (Å²) in [7, 11) is 0. The van der Waals surface area contributed by atoms with Crippen LogP contribution in [0, 0.1) is 0 Å². The maximum absolute atomic E-state index is 12.0. The molecule has 0 bridgehead atoms. The standard InChI is InChI=1S/C15H22N2O2/c1-11-8-14(6-7-19-11)17-15(18)9-12-2-4-13(10-16)5-3-12/h2-5,11,14H,6-10,16H2,1H3,(H,17,18). The summed E-state index contributed by atoms with van der Waals surface area (Å²) < 4.78 is 5.47. The average Bonchev–Trinajstić information content (AvgIpc) is 2.39. The topological polar surface area (TPSA) is 64.4 Å². The predicted octanol–water partition coefficient (Wildman–Crippen LogP) is 1.37. The molecular weight excluding hydrogens is 240 g/mol. The van der Waals surface area contributed by atoms with Crippen LogP contribution in [0.1, 0.15) is 30.9 Å². The first kappa shape index (κ1) is 14.0. The van der Waals surface area contributed by atoms with E-state index in [1.807, 2.05) is 31.2 Å². The molecule has 1 aliphatic heterocycles. The molecule has 0 saturated carbocycles. The highest BCUT2D eigenvalue weighted by Crippen LogP contribution is 2.13. The van der Waals surface area contributed by atoms with Crippen molar-refractivity contribution in [2.75, 3.05) is 6.61 Å². The molecule has 1 aromatic rings. The maximum atomic E-state index is 12.0. The number of hydrogen-bond donors (Lipinski definition) is 2. The molecule has 1 fully saturated rings. The number of hydrogen-bond acceptors (Lipinski definition) is 3. The van der Waals surface area contributed by atoms with Gasteiger partial charge in [-0.25, -0.2) is 0 Å². The zero-order chi connectivity index (χ0) is 13.7. The van der Waals surface area contributed by atoms with Gasteiger partial charge in [-0.3, -0.25) is 4.79 Å². The van der Waals surface area contributed by atoms with E-state index in [0.29, 0.717) is 13.0 Å². The Morgan fingerprint density at radius 2 is 2.05 bits per heavy atom. The number of benzene rings is 1. The lowest BCUT2D eigenvalue weighted by atomic mass is 10.0. The van der Waals surface area contributed by atoms with Crippen LogP contribution in [0.5, 0.6) is 0 Å². The number of carbonyl (C=O) groups excluding carboxylic acids is 1. The van der Waals surface area contributed by atoms with Gasteiger partial charge in [0.1, 0.15) is 0 Å². The van der Waals surface area contributed by atoms with Crippen LogP contribution >= 0.6 is 0 Å². The molecular formula is C15H22N2O2. The summed E-state index contributed by atoms with van der Waals surface area (Å²) in [5.74, 6) is 0.0830. The summed E-state index contributed by atoms with van der Waals surface area (Å²) in [6.45, 7) is 3.31. The number of nitrogens with two attached hydrogens (primary N) is 1. The molecule has 1 saturated heterocycles. The molecule has 0 aliphatic carbocycles. The van der Waals surface area contributed by atoms with Gasteiger partial charge in [0.25, 0.3) is 0 Å². The van der Waals surface area contributed by atoms with Crippen LogP contribution in [0.3, 0.4) is 0 Å². The Hall–Kier alpha value is -1.39. The molecule has 1 amide bonds. The van der Waals surface area contributed by atoms with E-state index in [4.69, 9.17) is 10.5 Å². The summed E-state index contributed by atoms with van der Waals surface area (Å²) in [6, 6.07) is 8.13. The van der Waals surface area contributed by atoms with E-state index >= 15 is 0 Å². The second-order valence-corrected chi connectivity index (χ2v) is 5.17. The first-order valence-corrected chi connectivity index (χ1v) is 6.86. The highest BCUT2D eigenvalue weighted by atomic mass is 16.5. The van der Waals surface area contributed by atoms with Gasteiger partial charge in [0.15, 0.2) is 0 Å². The Labute approximate surface area is 114 Å². The fourth-order valence-electron chi connectivity index (χ4n) is 2.39. The van der Waals surface area contributed by atoms with E-state index in [0.717, 1.165) is 30.6 Å². The zero-order valence-electron chi connectivity index (χ0n) is 11.4. The molecule has 0 radical (unpaired) electrons. The van der Waals surface area contributed by atoms with Gasteiger partial charge >= 0.3 is 0 Å². The third-order valence-electron chi connectivity index (χ3n) is 3.47. The second-order valence-electron chi connectivity index (χ2n) is 5.17. The zero-order valence-corrected chi connectivity index (χ0v) is 11.4. The minimum Gasteiger partial charge on any atom is -0.378 e. The molecule has 2 atom stereocenters. The summed E-state index contributed by atoms with van der Waals surface area (Å²) >= 11 is 0. The number of rotatable bonds is 4. The van der Waals surface area contributed by atoms with E-state index < -0.39 is 0 Å². The lowest BCUT2D eigenvalue weighted by Gasteiger charge is -2.27. The Bertz CT molecular complexity index is 417. The quantitative estimate of drug-likeness (QED) is 0.861. The molecule has 0 aromatic heterocycles. The van der Waals surface area contributed by atoms with Crippen molar-refractivity contribution in [2.45, 2.75) is 44.9 Å². The Balaban J connectivity index is 1.83. The third kappa shape index (κ3) is 4.33. The van der Waals surface area contributed by atoms with Gasteiger partial charge in [-0.1, -0.05) is 24.3 Å². The fourth-order valence-corrected chi connectivity index (χ4v) is 2.39. The SMILES string of the molecule is CC1CC(NC(=O)Cc2ccc(CN)cc2)CCO1. The molecule has 19 heavy (non-hydrogen) atoms. The van der Waals surface area contributed by atoms with Gasteiger partial charge in [-0.05, 0) is 30.9 Å². The van der Waals surface area contributed by atoms with Gasteiger partial charge in [0, 0.05) is 19.2 Å². The Morgan fingerprint density at radius 1 is 1.37 bits per heavy atom. The van der Waals surface area contributed by atoms with Crippen LogP contribution in [0.4, 0.5) is 0 Å². The number of ether oxygens (including phenoxy) is 1. The molecule has 1 aliphatic rings. The van der Waals surface area contributed by atoms with Crippen molar-refractivity contribution in [3.05, 3.63) is 35.4 Å². The van der Waals surface area contributed by atoms with Crippen molar-refractivity contribution in [3.8, 4) is 0 Å². The predicted molar refractivity (Wildman–Crippen MR) is 74.6 cm³/mol. The monoisotopic (exact) mass is 262 g/mol. The lowest BCUT2D eigenvalue weighted by molar-refractivity contribution is -0.122. The highest BCUT2D eigenvalue weighted by molar-refractivity contribution is 5.78. The molecule has 0 spiro atoms. The van der Waals surface area contributed by atoms with Crippen molar-refractivity contribution in [2.24, 2.45) is 5.73 Å². The van der Waals surface area contributed by atoms with E-state index in [1.54, 1.807) is 0 Å². The summed E-state index contributed by atoms with van der Waals surface area (Å²) in [6.07, 6.45) is 2.47. The van der Waals surface area contributed by atoms with E-state index in [1.165, 1.54) is 0 Å².